The Labute approximate surface area is 132 Å². The summed E-state index contributed by atoms with van der Waals surface area (Å²) in [4.78, 5) is 30.2. The molecule has 1 aliphatic heterocycles. The van der Waals surface area contributed by atoms with E-state index in [2.05, 4.69) is 5.16 Å². The van der Waals surface area contributed by atoms with Crippen LogP contribution in [0, 0.1) is 0 Å². The number of rotatable bonds is 7. The minimum atomic E-state index is -0.582. The third kappa shape index (κ3) is 4.93. The van der Waals surface area contributed by atoms with Crippen LogP contribution in [0.2, 0.25) is 0 Å². The molecule has 0 atom stereocenters. The van der Waals surface area contributed by atoms with E-state index in [9.17, 15) is 9.59 Å². The van der Waals surface area contributed by atoms with Gasteiger partial charge in [0, 0.05) is 13.6 Å². The molecule has 0 aliphatic carbocycles. The van der Waals surface area contributed by atoms with E-state index in [1.54, 1.807) is 0 Å². The molecule has 1 saturated heterocycles. The first-order valence-electron chi connectivity index (χ1n) is 5.79. The molecule has 4 N–H and O–H groups in total. The van der Waals surface area contributed by atoms with E-state index in [4.69, 9.17) is 28.5 Å². The number of nitrogens with zero attached hydrogens (tertiary/aromatic N) is 3. The minimum Gasteiger partial charge on any atom is -0.393 e. The first kappa shape index (κ1) is 18.6. The summed E-state index contributed by atoms with van der Waals surface area (Å²) in [6.45, 7) is 0.825. The molecule has 1 aliphatic rings. The normalized spacial score (nSPS) is 14.3. The summed E-state index contributed by atoms with van der Waals surface area (Å²) in [6.07, 6.45) is 2.28. The third-order valence-corrected chi connectivity index (χ3v) is 3.03. The van der Waals surface area contributed by atoms with Gasteiger partial charge in [-0.05, 0) is 36.6 Å². The molecular weight excluding hydrogens is 350 g/mol. The summed E-state index contributed by atoms with van der Waals surface area (Å²) in [7, 11) is 1.49. The summed E-state index contributed by atoms with van der Waals surface area (Å²) in [5, 5.41) is 3.64. The summed E-state index contributed by atoms with van der Waals surface area (Å²) in [5.41, 5.74) is 10.2. The molecule has 2 amide bonds. The van der Waals surface area contributed by atoms with Gasteiger partial charge in [-0.3, -0.25) is 19.4 Å². The number of unbranched alkanes of at least 4 members (excludes halogenated alkanes) is 2. The van der Waals surface area contributed by atoms with Gasteiger partial charge in [0.2, 0.25) is 5.96 Å². The predicted octanol–water partition coefficient (Wildman–Crippen LogP) is -0.475. The maximum absolute atomic E-state index is 11.5. The number of halogens is 1. The van der Waals surface area contributed by atoms with Crippen molar-refractivity contribution in [1.82, 2.24) is 9.80 Å². The second-order valence-electron chi connectivity index (χ2n) is 4.01. The molecule has 0 radical (unpaired) electrons. The number of guanidine groups is 1. The monoisotopic (exact) mass is 367 g/mol. The lowest BCUT2D eigenvalue weighted by Gasteiger charge is -2.15. The number of carbonyl (C=O) groups excluding carboxylic acids is 2. The van der Waals surface area contributed by atoms with Crippen LogP contribution in [0.25, 0.3) is 0 Å². The molecule has 10 heteroatoms. The Kier molecular flexibility index (Phi) is 8.07. The van der Waals surface area contributed by atoms with Gasteiger partial charge >= 0.3 is 11.8 Å². The van der Waals surface area contributed by atoms with Crippen molar-refractivity contribution in [2.24, 2.45) is 16.6 Å². The number of nitrogens with two attached hydrogens (primary N) is 2. The van der Waals surface area contributed by atoms with Crippen molar-refractivity contribution >= 4 is 52.1 Å². The van der Waals surface area contributed by atoms with E-state index in [1.165, 1.54) is 16.8 Å². The van der Waals surface area contributed by atoms with Gasteiger partial charge in [0.25, 0.3) is 0 Å². The van der Waals surface area contributed by atoms with Crippen molar-refractivity contribution in [2.45, 2.75) is 19.3 Å². The smallest absolute Gasteiger partial charge is 0.318 e. The fourth-order valence-electron chi connectivity index (χ4n) is 1.54. The second kappa shape index (κ2) is 8.69. The predicted molar refractivity (Wildman–Crippen MR) is 83.0 cm³/mol. The van der Waals surface area contributed by atoms with E-state index in [1.807, 2.05) is 0 Å². The fraction of sp³-hybridized carbons (Fsp3) is 0.600. The average Bonchev–Trinajstić information content (AvgIpc) is 2.54. The Hall–Kier alpha value is -1.42. The molecular formula is C10H18BrN5O3S. The first-order chi connectivity index (χ1) is 8.95. The van der Waals surface area contributed by atoms with Crippen LogP contribution in [-0.4, -0.2) is 52.9 Å². The van der Waals surface area contributed by atoms with Crippen molar-refractivity contribution in [3.8, 4) is 0 Å². The lowest BCUT2D eigenvalue weighted by molar-refractivity contribution is -0.142. The Morgan fingerprint density at radius 1 is 1.25 bits per heavy atom. The van der Waals surface area contributed by atoms with Crippen LogP contribution in [0.5, 0.6) is 0 Å². The van der Waals surface area contributed by atoms with Gasteiger partial charge in [-0.15, -0.1) is 17.0 Å². The molecule has 114 valence electrons. The minimum absolute atomic E-state index is 0. The number of carbonyl (C=O) groups is 2. The number of amides is 2. The molecule has 0 spiro atoms. The van der Waals surface area contributed by atoms with Crippen molar-refractivity contribution in [3.63, 3.8) is 0 Å². The van der Waals surface area contributed by atoms with Crippen LogP contribution in [0.15, 0.2) is 5.16 Å². The SMILES string of the molecule is Br.CN1C(=O)C(=O)N(CCCCCON=C(N)N)C1=S. The number of oxime groups is 1. The highest BCUT2D eigenvalue weighted by atomic mass is 79.9. The topological polar surface area (TPSA) is 114 Å². The van der Waals surface area contributed by atoms with Crippen LogP contribution in [0.1, 0.15) is 19.3 Å². The van der Waals surface area contributed by atoms with Crippen LogP contribution in [0.4, 0.5) is 0 Å². The highest BCUT2D eigenvalue weighted by Gasteiger charge is 2.38. The molecule has 20 heavy (non-hydrogen) atoms. The molecule has 1 fully saturated rings. The van der Waals surface area contributed by atoms with Gasteiger partial charge < -0.3 is 16.3 Å². The van der Waals surface area contributed by atoms with Crippen LogP contribution >= 0.6 is 29.2 Å². The van der Waals surface area contributed by atoms with Gasteiger partial charge in [-0.25, -0.2) is 0 Å². The molecule has 0 unspecified atom stereocenters. The van der Waals surface area contributed by atoms with Gasteiger partial charge in [-0.1, -0.05) is 0 Å². The van der Waals surface area contributed by atoms with E-state index in [0.29, 0.717) is 13.2 Å². The van der Waals surface area contributed by atoms with Crippen molar-refractivity contribution in [3.05, 3.63) is 0 Å². The zero-order valence-electron chi connectivity index (χ0n) is 11.1. The van der Waals surface area contributed by atoms with Crippen molar-refractivity contribution in [1.29, 1.82) is 0 Å². The number of hydrogen-bond donors (Lipinski definition) is 2. The van der Waals surface area contributed by atoms with Gasteiger partial charge in [0.15, 0.2) is 5.11 Å². The molecule has 0 bridgehead atoms. The average molecular weight is 368 g/mol. The Morgan fingerprint density at radius 2 is 1.90 bits per heavy atom. The number of likely N-dealkylation sites (N-methyl/N-ethyl adjacent to an activating group) is 1. The Morgan fingerprint density at radius 3 is 2.40 bits per heavy atom. The van der Waals surface area contributed by atoms with E-state index < -0.39 is 11.8 Å². The fourth-order valence-corrected chi connectivity index (χ4v) is 1.80. The summed E-state index contributed by atoms with van der Waals surface area (Å²) < 4.78 is 0. The van der Waals surface area contributed by atoms with E-state index in [-0.39, 0.29) is 28.1 Å². The van der Waals surface area contributed by atoms with Gasteiger partial charge in [-0.2, -0.15) is 0 Å². The lowest BCUT2D eigenvalue weighted by Crippen LogP contribution is -2.32. The maximum atomic E-state index is 11.5. The third-order valence-electron chi connectivity index (χ3n) is 2.54. The summed E-state index contributed by atoms with van der Waals surface area (Å²) in [5.74, 6) is -1.26. The van der Waals surface area contributed by atoms with Crippen molar-refractivity contribution < 1.29 is 14.4 Å². The highest BCUT2D eigenvalue weighted by Crippen LogP contribution is 2.11. The Balaban J connectivity index is 0.00000361. The zero-order chi connectivity index (χ0) is 14.4. The Bertz CT molecular complexity index is 414. The largest absolute Gasteiger partial charge is 0.393 e. The molecule has 0 saturated carbocycles. The standard InChI is InChI=1S/C10H17N5O3S.BrH/c1-14-7(16)8(17)15(10(14)19)5-3-2-4-6-18-13-9(11)12;/h2-6H2,1H3,(H4,11,12,13);1H. The van der Waals surface area contributed by atoms with Crippen LogP contribution in [-0.2, 0) is 14.4 Å². The lowest BCUT2D eigenvalue weighted by atomic mass is 10.2. The number of thiocarbonyl (C=S) groups is 1. The van der Waals surface area contributed by atoms with Crippen LogP contribution < -0.4 is 11.5 Å². The zero-order valence-corrected chi connectivity index (χ0v) is 13.6. The summed E-state index contributed by atoms with van der Waals surface area (Å²) in [6, 6.07) is 0. The molecule has 1 heterocycles. The molecule has 1 rings (SSSR count). The first-order valence-corrected chi connectivity index (χ1v) is 6.20. The molecule has 0 aromatic heterocycles. The quantitative estimate of drug-likeness (QED) is 0.157. The van der Waals surface area contributed by atoms with Gasteiger partial charge in [0.1, 0.15) is 6.61 Å². The molecule has 0 aromatic rings. The maximum Gasteiger partial charge on any atom is 0.318 e. The molecule has 8 nitrogen and oxygen atoms in total. The number of hydrogen-bond acceptors (Lipinski definition) is 5. The molecule has 0 aromatic carbocycles. The van der Waals surface area contributed by atoms with Crippen molar-refractivity contribution in [2.75, 3.05) is 20.2 Å². The van der Waals surface area contributed by atoms with Gasteiger partial charge in [0.05, 0.1) is 0 Å². The van der Waals surface area contributed by atoms with E-state index >= 15 is 0 Å². The van der Waals surface area contributed by atoms with Crippen LogP contribution in [0.3, 0.4) is 0 Å². The van der Waals surface area contributed by atoms with E-state index in [0.717, 1.165) is 19.3 Å². The summed E-state index contributed by atoms with van der Waals surface area (Å²) >= 11 is 5.01. The second-order valence-corrected chi connectivity index (χ2v) is 4.38. The highest BCUT2D eigenvalue weighted by molar-refractivity contribution is 8.93.